The molecule has 0 aliphatic heterocycles. The number of fused-ring (bicyclic) bond motifs is 9. The molecule has 2 heteroatoms. The van der Waals surface area contributed by atoms with Gasteiger partial charge < -0.3 is 0 Å². The molecule has 0 amide bonds. The molecule has 5 aromatic carbocycles. The van der Waals surface area contributed by atoms with Gasteiger partial charge in [-0.3, -0.25) is 0 Å². The Morgan fingerprint density at radius 3 is 2.13 bits per heavy atom. The second-order valence-electron chi connectivity index (χ2n) is 8.01. The van der Waals surface area contributed by atoms with E-state index in [4.69, 9.17) is 0 Å². The SMILES string of the molecule is c1ccc2c(c1)[se]c1c(-c3ccc4c5cnccc5c5ccccc5c4c3)cccc12. The molecular formula is C29H17NSe. The fourth-order valence-electron chi connectivity index (χ4n) is 4.94. The molecule has 7 rings (SSSR count). The quantitative estimate of drug-likeness (QED) is 0.183. The number of hydrogen-bond acceptors (Lipinski definition) is 1. The van der Waals surface area contributed by atoms with Crippen LogP contribution in [-0.4, -0.2) is 19.5 Å². The average molecular weight is 458 g/mol. The van der Waals surface area contributed by atoms with Crippen molar-refractivity contribution in [2.75, 3.05) is 0 Å². The van der Waals surface area contributed by atoms with Crippen LogP contribution < -0.4 is 0 Å². The molecule has 0 N–H and O–H groups in total. The van der Waals surface area contributed by atoms with Crippen LogP contribution in [0.5, 0.6) is 0 Å². The molecule has 2 heterocycles. The Morgan fingerprint density at radius 2 is 1.23 bits per heavy atom. The molecule has 0 radical (unpaired) electrons. The van der Waals surface area contributed by atoms with Crippen molar-refractivity contribution in [2.24, 2.45) is 0 Å². The third kappa shape index (κ3) is 2.47. The molecule has 31 heavy (non-hydrogen) atoms. The van der Waals surface area contributed by atoms with Crippen LogP contribution in [0.25, 0.3) is 62.7 Å². The van der Waals surface area contributed by atoms with E-state index in [2.05, 4.69) is 96.0 Å². The minimum atomic E-state index is 0.340. The maximum atomic E-state index is 4.42. The van der Waals surface area contributed by atoms with E-state index in [0.29, 0.717) is 14.5 Å². The molecule has 0 bridgehead atoms. The van der Waals surface area contributed by atoms with Crippen LogP contribution in [0.2, 0.25) is 0 Å². The van der Waals surface area contributed by atoms with Crippen molar-refractivity contribution < 1.29 is 0 Å². The van der Waals surface area contributed by atoms with E-state index in [1.807, 2.05) is 12.4 Å². The Kier molecular flexibility index (Phi) is 3.63. The fraction of sp³-hybridized carbons (Fsp3) is 0. The number of aromatic nitrogens is 1. The van der Waals surface area contributed by atoms with Crippen molar-refractivity contribution >= 4 is 66.1 Å². The van der Waals surface area contributed by atoms with E-state index in [1.165, 1.54) is 62.7 Å². The van der Waals surface area contributed by atoms with E-state index >= 15 is 0 Å². The van der Waals surface area contributed by atoms with Crippen molar-refractivity contribution in [3.05, 3.63) is 103 Å². The summed E-state index contributed by atoms with van der Waals surface area (Å²) in [7, 11) is 0. The van der Waals surface area contributed by atoms with Gasteiger partial charge in [-0.2, -0.15) is 0 Å². The second-order valence-corrected chi connectivity index (χ2v) is 10.2. The Hall–Kier alpha value is -3.45. The van der Waals surface area contributed by atoms with Crippen LogP contribution in [0, 0.1) is 0 Å². The molecule has 0 spiro atoms. The van der Waals surface area contributed by atoms with Gasteiger partial charge in [-0.05, 0) is 0 Å². The number of hydrogen-bond donors (Lipinski definition) is 0. The molecule has 2 aromatic heterocycles. The third-order valence-corrected chi connectivity index (χ3v) is 8.91. The average Bonchev–Trinajstić information content (AvgIpc) is 3.23. The molecule has 0 unspecified atom stereocenters. The molecule has 0 atom stereocenters. The van der Waals surface area contributed by atoms with Crippen LogP contribution in [0.3, 0.4) is 0 Å². The molecular weight excluding hydrogens is 441 g/mol. The summed E-state index contributed by atoms with van der Waals surface area (Å²) in [6, 6.07) is 33.5. The van der Waals surface area contributed by atoms with Crippen molar-refractivity contribution in [2.45, 2.75) is 0 Å². The standard InChI is InChI=1S/C29H17NSe/c1-2-7-21-20(6-1)23-14-15-30-17-27(23)22-13-12-18(16-26(21)22)19-9-5-10-25-24-8-3-4-11-28(24)31-29(19)25/h1-17H. The Labute approximate surface area is 185 Å². The fourth-order valence-corrected chi connectivity index (χ4v) is 7.54. The molecule has 0 aliphatic carbocycles. The van der Waals surface area contributed by atoms with Crippen molar-refractivity contribution in [3.8, 4) is 11.1 Å². The summed E-state index contributed by atoms with van der Waals surface area (Å²) in [5.74, 6) is 0. The van der Waals surface area contributed by atoms with E-state index in [-0.39, 0.29) is 0 Å². The molecule has 0 saturated carbocycles. The first-order valence-corrected chi connectivity index (χ1v) is 12.2. The van der Waals surface area contributed by atoms with E-state index in [1.54, 1.807) is 0 Å². The molecule has 7 aromatic rings. The summed E-state index contributed by atoms with van der Waals surface area (Å²) in [5, 5.41) is 10.5. The van der Waals surface area contributed by atoms with Gasteiger partial charge in [0.15, 0.2) is 0 Å². The second kappa shape index (κ2) is 6.52. The molecule has 144 valence electrons. The number of nitrogens with zero attached hydrogens (tertiary/aromatic N) is 1. The molecule has 1 nitrogen and oxygen atoms in total. The first-order valence-electron chi connectivity index (χ1n) is 10.5. The van der Waals surface area contributed by atoms with Crippen LogP contribution in [0.1, 0.15) is 0 Å². The van der Waals surface area contributed by atoms with Crippen molar-refractivity contribution in [1.29, 1.82) is 0 Å². The zero-order chi connectivity index (χ0) is 20.4. The number of pyridine rings is 1. The topological polar surface area (TPSA) is 12.9 Å². The summed E-state index contributed by atoms with van der Waals surface area (Å²) in [6.07, 6.45) is 3.89. The summed E-state index contributed by atoms with van der Waals surface area (Å²) in [6.45, 7) is 0. The van der Waals surface area contributed by atoms with Crippen LogP contribution in [-0.2, 0) is 0 Å². The van der Waals surface area contributed by atoms with Gasteiger partial charge in [-0.15, -0.1) is 0 Å². The van der Waals surface area contributed by atoms with Crippen molar-refractivity contribution in [3.63, 3.8) is 0 Å². The Balaban J connectivity index is 1.60. The van der Waals surface area contributed by atoms with Crippen LogP contribution in [0.4, 0.5) is 0 Å². The van der Waals surface area contributed by atoms with E-state index < -0.39 is 0 Å². The summed E-state index contributed by atoms with van der Waals surface area (Å²) < 4.78 is 2.99. The zero-order valence-electron chi connectivity index (χ0n) is 16.7. The predicted octanol–water partition coefficient (Wildman–Crippen LogP) is 7.57. The maximum absolute atomic E-state index is 4.42. The zero-order valence-corrected chi connectivity index (χ0v) is 18.4. The van der Waals surface area contributed by atoms with Gasteiger partial charge in [0.1, 0.15) is 0 Å². The van der Waals surface area contributed by atoms with Crippen LogP contribution in [0.15, 0.2) is 103 Å². The Morgan fingerprint density at radius 1 is 0.516 bits per heavy atom. The molecule has 0 aliphatic rings. The van der Waals surface area contributed by atoms with Gasteiger partial charge in [0.05, 0.1) is 0 Å². The van der Waals surface area contributed by atoms with Crippen molar-refractivity contribution in [1.82, 2.24) is 4.98 Å². The normalized spacial score (nSPS) is 11.9. The van der Waals surface area contributed by atoms with E-state index in [0.717, 1.165) is 0 Å². The monoisotopic (exact) mass is 459 g/mol. The number of benzene rings is 5. The van der Waals surface area contributed by atoms with E-state index in [9.17, 15) is 0 Å². The van der Waals surface area contributed by atoms with Gasteiger partial charge in [-0.1, -0.05) is 0 Å². The summed E-state index contributed by atoms with van der Waals surface area (Å²) in [4.78, 5) is 4.42. The third-order valence-electron chi connectivity index (χ3n) is 6.35. The van der Waals surface area contributed by atoms with Gasteiger partial charge >= 0.3 is 186 Å². The first-order chi connectivity index (χ1) is 15.4. The molecule has 0 fully saturated rings. The van der Waals surface area contributed by atoms with Gasteiger partial charge in [0.25, 0.3) is 0 Å². The summed E-state index contributed by atoms with van der Waals surface area (Å²) >= 11 is 0.340. The van der Waals surface area contributed by atoms with Gasteiger partial charge in [0, 0.05) is 0 Å². The molecule has 0 saturated heterocycles. The predicted molar refractivity (Wildman–Crippen MR) is 134 cm³/mol. The Bertz CT molecular complexity index is 1760. The number of rotatable bonds is 1. The van der Waals surface area contributed by atoms with Gasteiger partial charge in [-0.25, -0.2) is 0 Å². The van der Waals surface area contributed by atoms with Gasteiger partial charge in [0.2, 0.25) is 0 Å². The first kappa shape index (κ1) is 17.3. The minimum absolute atomic E-state index is 0.340. The van der Waals surface area contributed by atoms with Crippen LogP contribution >= 0.6 is 0 Å². The summed E-state index contributed by atoms with van der Waals surface area (Å²) in [5.41, 5.74) is 2.67.